The molecular formula is C21H22N6O3. The number of ether oxygens (including phenoxy) is 1. The first-order chi connectivity index (χ1) is 14.7. The number of fused-ring (bicyclic) bond motifs is 2. The summed E-state index contributed by atoms with van der Waals surface area (Å²) in [6.07, 6.45) is 3.48. The van der Waals surface area contributed by atoms with Gasteiger partial charge in [0, 0.05) is 31.1 Å². The fourth-order valence-corrected chi connectivity index (χ4v) is 4.42. The Balaban J connectivity index is 1.32. The first-order valence-electron chi connectivity index (χ1n) is 10.1. The molecule has 3 aromatic rings. The molecule has 0 bridgehead atoms. The zero-order chi connectivity index (χ0) is 20.7. The number of carbonyl (C=O) groups is 2. The van der Waals surface area contributed by atoms with Crippen LogP contribution >= 0.6 is 0 Å². The van der Waals surface area contributed by atoms with Crippen molar-refractivity contribution < 1.29 is 14.3 Å². The summed E-state index contributed by atoms with van der Waals surface area (Å²) in [6.45, 7) is 1.44. The van der Waals surface area contributed by atoms with Crippen LogP contribution in [0.5, 0.6) is 0 Å². The topological polar surface area (TPSA) is 92.9 Å². The molecule has 0 spiro atoms. The van der Waals surface area contributed by atoms with Crippen LogP contribution in [0.2, 0.25) is 0 Å². The number of anilines is 2. The van der Waals surface area contributed by atoms with Gasteiger partial charge >= 0.3 is 5.97 Å². The lowest BCUT2D eigenvalue weighted by molar-refractivity contribution is -0.143. The summed E-state index contributed by atoms with van der Waals surface area (Å²) < 4.78 is 6.62. The van der Waals surface area contributed by atoms with E-state index in [1.807, 2.05) is 36.4 Å². The maximum absolute atomic E-state index is 13.4. The largest absolute Gasteiger partial charge is 0.467 e. The first kappa shape index (κ1) is 18.5. The summed E-state index contributed by atoms with van der Waals surface area (Å²) in [5.74, 6) is 0.325. The maximum Gasteiger partial charge on any atom is 0.329 e. The number of nitrogens with zero attached hydrogens (tertiary/aromatic N) is 6. The Labute approximate surface area is 173 Å². The monoisotopic (exact) mass is 406 g/mol. The molecule has 0 N–H and O–H groups in total. The lowest BCUT2D eigenvalue weighted by Gasteiger charge is -2.35. The third-order valence-corrected chi connectivity index (χ3v) is 6.00. The zero-order valence-corrected chi connectivity index (χ0v) is 16.6. The Morgan fingerprint density at radius 3 is 2.70 bits per heavy atom. The Morgan fingerprint density at radius 2 is 1.90 bits per heavy atom. The number of methoxy groups -OCH3 is 1. The van der Waals surface area contributed by atoms with Crippen LogP contribution in [0.25, 0.3) is 5.65 Å². The number of rotatable bonds is 3. The van der Waals surface area contributed by atoms with Crippen molar-refractivity contribution in [2.75, 3.05) is 30.0 Å². The molecule has 30 heavy (non-hydrogen) atoms. The molecule has 2 aliphatic rings. The summed E-state index contributed by atoms with van der Waals surface area (Å²) >= 11 is 0. The Bertz CT molecular complexity index is 1100. The van der Waals surface area contributed by atoms with Gasteiger partial charge in [0.1, 0.15) is 18.2 Å². The number of carbonyl (C=O) groups excluding carboxylic acids is 2. The number of amides is 1. The van der Waals surface area contributed by atoms with Crippen LogP contribution < -0.4 is 9.80 Å². The highest BCUT2D eigenvalue weighted by Gasteiger charge is 2.41. The van der Waals surface area contributed by atoms with E-state index in [0.717, 1.165) is 30.2 Å². The molecule has 1 amide bonds. The summed E-state index contributed by atoms with van der Waals surface area (Å²) in [7, 11) is 1.37. The highest BCUT2D eigenvalue weighted by molar-refractivity contribution is 6.03. The van der Waals surface area contributed by atoms with Crippen LogP contribution in [0, 0.1) is 5.92 Å². The van der Waals surface area contributed by atoms with Gasteiger partial charge in [-0.25, -0.2) is 4.79 Å². The molecule has 9 nitrogen and oxygen atoms in total. The molecular weight excluding hydrogens is 384 g/mol. The third kappa shape index (κ3) is 3.06. The van der Waals surface area contributed by atoms with Crippen LogP contribution in [-0.4, -0.2) is 57.9 Å². The summed E-state index contributed by atoms with van der Waals surface area (Å²) in [5, 5.41) is 12.4. The third-order valence-electron chi connectivity index (χ3n) is 6.00. The minimum Gasteiger partial charge on any atom is -0.467 e. The second kappa shape index (κ2) is 7.40. The molecule has 9 heteroatoms. The number of piperidine rings is 1. The highest BCUT2D eigenvalue weighted by atomic mass is 16.5. The minimum absolute atomic E-state index is 0.00257. The maximum atomic E-state index is 13.4. The number of hydrogen-bond donors (Lipinski definition) is 0. The quantitative estimate of drug-likeness (QED) is 0.608. The summed E-state index contributed by atoms with van der Waals surface area (Å²) in [5.41, 5.74) is 2.52. The van der Waals surface area contributed by atoms with Gasteiger partial charge in [0.25, 0.3) is 0 Å². The van der Waals surface area contributed by atoms with E-state index in [4.69, 9.17) is 4.74 Å². The Kier molecular flexibility index (Phi) is 4.57. The molecule has 2 aliphatic heterocycles. The number of hydrogen-bond acceptors (Lipinski definition) is 7. The van der Waals surface area contributed by atoms with Crippen molar-refractivity contribution in [3.63, 3.8) is 0 Å². The second-order valence-corrected chi connectivity index (χ2v) is 7.67. The van der Waals surface area contributed by atoms with Gasteiger partial charge in [-0.15, -0.1) is 15.3 Å². The van der Waals surface area contributed by atoms with Gasteiger partial charge in [0.05, 0.1) is 7.11 Å². The van der Waals surface area contributed by atoms with E-state index in [1.165, 1.54) is 7.11 Å². The van der Waals surface area contributed by atoms with Crippen molar-refractivity contribution in [3.05, 3.63) is 48.3 Å². The molecule has 1 atom stereocenters. The van der Waals surface area contributed by atoms with Gasteiger partial charge < -0.3 is 9.64 Å². The molecule has 0 radical (unpaired) electrons. The number of benzene rings is 1. The van der Waals surface area contributed by atoms with E-state index in [0.29, 0.717) is 24.9 Å². The van der Waals surface area contributed by atoms with Crippen LogP contribution in [0.1, 0.15) is 18.4 Å². The predicted molar refractivity (Wildman–Crippen MR) is 109 cm³/mol. The SMILES string of the molecule is COC(=O)C1Cc2ccccc2N1C(=O)C1CCN(c2ccc3nncn3n2)CC1. The molecule has 5 rings (SSSR count). The molecule has 0 aliphatic carbocycles. The summed E-state index contributed by atoms with van der Waals surface area (Å²) in [4.78, 5) is 29.6. The van der Waals surface area contributed by atoms with Gasteiger partial charge in [-0.2, -0.15) is 4.52 Å². The van der Waals surface area contributed by atoms with Gasteiger partial charge in [0.15, 0.2) is 5.65 Å². The number of aromatic nitrogens is 4. The average Bonchev–Trinajstić information content (AvgIpc) is 3.42. The molecule has 4 heterocycles. The highest BCUT2D eigenvalue weighted by Crippen LogP contribution is 2.35. The Hall–Kier alpha value is -3.49. The number of esters is 1. The smallest absolute Gasteiger partial charge is 0.329 e. The van der Waals surface area contributed by atoms with E-state index < -0.39 is 6.04 Å². The molecule has 2 aromatic heterocycles. The molecule has 1 unspecified atom stereocenters. The van der Waals surface area contributed by atoms with E-state index >= 15 is 0 Å². The van der Waals surface area contributed by atoms with E-state index in [2.05, 4.69) is 20.2 Å². The fraction of sp³-hybridized carbons (Fsp3) is 0.381. The van der Waals surface area contributed by atoms with E-state index in [1.54, 1.807) is 15.7 Å². The molecule has 1 fully saturated rings. The molecule has 1 saturated heterocycles. The van der Waals surface area contributed by atoms with Gasteiger partial charge in [-0.3, -0.25) is 9.69 Å². The minimum atomic E-state index is -0.587. The second-order valence-electron chi connectivity index (χ2n) is 7.67. The van der Waals surface area contributed by atoms with Gasteiger partial charge in [0.2, 0.25) is 5.91 Å². The van der Waals surface area contributed by atoms with Crippen LogP contribution in [0.4, 0.5) is 11.5 Å². The predicted octanol–water partition coefficient (Wildman–Crippen LogP) is 1.47. The van der Waals surface area contributed by atoms with Crippen molar-refractivity contribution in [3.8, 4) is 0 Å². The van der Waals surface area contributed by atoms with Crippen molar-refractivity contribution in [1.82, 2.24) is 19.8 Å². The van der Waals surface area contributed by atoms with Crippen molar-refractivity contribution in [2.24, 2.45) is 5.92 Å². The van der Waals surface area contributed by atoms with E-state index in [-0.39, 0.29) is 17.8 Å². The average molecular weight is 406 g/mol. The molecule has 1 aromatic carbocycles. The Morgan fingerprint density at radius 1 is 1.10 bits per heavy atom. The fourth-order valence-electron chi connectivity index (χ4n) is 4.42. The van der Waals surface area contributed by atoms with Crippen molar-refractivity contribution >= 4 is 29.0 Å². The van der Waals surface area contributed by atoms with Crippen molar-refractivity contribution in [2.45, 2.75) is 25.3 Å². The van der Waals surface area contributed by atoms with Gasteiger partial charge in [-0.05, 0) is 36.6 Å². The molecule has 0 saturated carbocycles. The standard InChI is InChI=1S/C21H22N6O3/c1-30-21(29)17-12-15-4-2-3-5-16(15)27(17)20(28)14-8-10-25(11-9-14)19-7-6-18-23-22-13-26(18)24-19/h2-7,13-14,17H,8-12H2,1H3. The van der Waals surface area contributed by atoms with Crippen LogP contribution in [-0.2, 0) is 20.7 Å². The summed E-state index contributed by atoms with van der Waals surface area (Å²) in [6, 6.07) is 10.9. The van der Waals surface area contributed by atoms with Crippen LogP contribution in [0.15, 0.2) is 42.7 Å². The lowest BCUT2D eigenvalue weighted by Crippen LogP contribution is -2.48. The normalized spacial score (nSPS) is 19.2. The number of para-hydroxylation sites is 1. The van der Waals surface area contributed by atoms with Crippen LogP contribution in [0.3, 0.4) is 0 Å². The first-order valence-corrected chi connectivity index (χ1v) is 10.1. The van der Waals surface area contributed by atoms with Crippen molar-refractivity contribution in [1.29, 1.82) is 0 Å². The van der Waals surface area contributed by atoms with E-state index in [9.17, 15) is 9.59 Å². The lowest BCUT2D eigenvalue weighted by atomic mass is 9.94. The molecule has 154 valence electrons. The zero-order valence-electron chi connectivity index (χ0n) is 16.6. The van der Waals surface area contributed by atoms with Gasteiger partial charge in [-0.1, -0.05) is 18.2 Å².